The number of benzene rings is 1. The van der Waals surface area contributed by atoms with Gasteiger partial charge in [0.25, 0.3) is 0 Å². The Morgan fingerprint density at radius 2 is 1.80 bits per heavy atom. The fourth-order valence-electron chi connectivity index (χ4n) is 1.98. The molecule has 1 N–H and O–H groups in total. The van der Waals surface area contributed by atoms with Crippen LogP contribution in [0.5, 0.6) is 0 Å². The van der Waals surface area contributed by atoms with Crippen LogP contribution >= 0.6 is 0 Å². The molecular formula is C16H18N4. The molecule has 0 fully saturated rings. The van der Waals surface area contributed by atoms with Gasteiger partial charge in [-0.15, -0.1) is 0 Å². The van der Waals surface area contributed by atoms with E-state index in [1.807, 2.05) is 0 Å². The van der Waals surface area contributed by atoms with E-state index < -0.39 is 5.54 Å². The fourth-order valence-corrected chi connectivity index (χ4v) is 1.98. The minimum absolute atomic E-state index is 0.463. The van der Waals surface area contributed by atoms with Gasteiger partial charge in [0.15, 0.2) is 0 Å². The zero-order valence-corrected chi connectivity index (χ0v) is 12.2. The lowest BCUT2D eigenvalue weighted by molar-refractivity contribution is 0.717. The highest BCUT2D eigenvalue weighted by atomic mass is 15.1. The molecule has 0 aliphatic rings. The zero-order chi connectivity index (χ0) is 14.8. The zero-order valence-electron chi connectivity index (χ0n) is 12.2. The molecule has 102 valence electrons. The molecule has 0 spiro atoms. The maximum Gasteiger partial charge on any atom is 0.223 e. The fraction of sp³-hybridized carbons (Fsp3) is 0.312. The summed E-state index contributed by atoms with van der Waals surface area (Å²) in [6.07, 6.45) is 3.56. The largest absolute Gasteiger partial charge is 0.336 e. The van der Waals surface area contributed by atoms with E-state index in [0.717, 1.165) is 11.1 Å². The molecule has 20 heavy (non-hydrogen) atoms. The highest BCUT2D eigenvalue weighted by Gasteiger charge is 2.17. The van der Waals surface area contributed by atoms with Crippen molar-refractivity contribution in [3.8, 4) is 17.2 Å². The molecule has 0 unspecified atom stereocenters. The maximum absolute atomic E-state index is 8.98. The molecule has 1 heterocycles. The molecule has 0 saturated carbocycles. The van der Waals surface area contributed by atoms with Crippen molar-refractivity contribution in [2.24, 2.45) is 0 Å². The summed E-state index contributed by atoms with van der Waals surface area (Å²) >= 11 is 0. The smallest absolute Gasteiger partial charge is 0.223 e. The summed E-state index contributed by atoms with van der Waals surface area (Å²) in [6.45, 7) is 7.72. The average Bonchev–Trinajstić information content (AvgIpc) is 2.40. The average molecular weight is 266 g/mol. The Hall–Kier alpha value is -2.41. The Morgan fingerprint density at radius 3 is 2.35 bits per heavy atom. The Bertz CT molecular complexity index is 651. The van der Waals surface area contributed by atoms with E-state index in [-0.39, 0.29) is 0 Å². The van der Waals surface area contributed by atoms with Crippen LogP contribution in [0.2, 0.25) is 0 Å². The summed E-state index contributed by atoms with van der Waals surface area (Å²) in [5.74, 6) is 0.463. The third kappa shape index (κ3) is 3.12. The van der Waals surface area contributed by atoms with Gasteiger partial charge in [0.05, 0.1) is 6.07 Å². The van der Waals surface area contributed by atoms with Crippen LogP contribution in [0.15, 0.2) is 30.6 Å². The number of nitrogens with zero attached hydrogens (tertiary/aromatic N) is 3. The van der Waals surface area contributed by atoms with Gasteiger partial charge in [-0.3, -0.25) is 0 Å². The number of nitrogens with one attached hydrogen (secondary N) is 1. The first kappa shape index (κ1) is 14.0. The van der Waals surface area contributed by atoms with Crippen molar-refractivity contribution >= 4 is 5.95 Å². The number of rotatable bonds is 3. The Morgan fingerprint density at radius 1 is 1.15 bits per heavy atom. The van der Waals surface area contributed by atoms with Crippen LogP contribution in [0.1, 0.15) is 25.0 Å². The van der Waals surface area contributed by atoms with E-state index in [2.05, 4.69) is 53.4 Å². The summed E-state index contributed by atoms with van der Waals surface area (Å²) in [7, 11) is 0. The van der Waals surface area contributed by atoms with E-state index in [1.54, 1.807) is 26.2 Å². The normalized spacial score (nSPS) is 10.9. The first-order chi connectivity index (χ1) is 9.41. The topological polar surface area (TPSA) is 61.6 Å². The van der Waals surface area contributed by atoms with Crippen molar-refractivity contribution in [2.75, 3.05) is 5.32 Å². The van der Waals surface area contributed by atoms with Gasteiger partial charge in [-0.2, -0.15) is 5.26 Å². The molecule has 2 aromatic rings. The first-order valence-electron chi connectivity index (χ1n) is 6.50. The van der Waals surface area contributed by atoms with Crippen molar-refractivity contribution in [2.45, 2.75) is 33.2 Å². The van der Waals surface area contributed by atoms with Crippen molar-refractivity contribution < 1.29 is 0 Å². The van der Waals surface area contributed by atoms with E-state index in [0.29, 0.717) is 5.95 Å². The lowest BCUT2D eigenvalue weighted by Crippen LogP contribution is -2.29. The minimum atomic E-state index is -0.679. The molecule has 4 nitrogen and oxygen atoms in total. The van der Waals surface area contributed by atoms with Crippen LogP contribution in [0.25, 0.3) is 11.1 Å². The predicted octanol–water partition coefficient (Wildman–Crippen LogP) is 3.47. The molecule has 0 atom stereocenters. The van der Waals surface area contributed by atoms with E-state index >= 15 is 0 Å². The Kier molecular flexibility index (Phi) is 3.71. The predicted molar refractivity (Wildman–Crippen MR) is 80.3 cm³/mol. The first-order valence-corrected chi connectivity index (χ1v) is 6.50. The van der Waals surface area contributed by atoms with Crippen molar-refractivity contribution in [3.05, 3.63) is 41.7 Å². The standard InChI is InChI=1S/C16H18N4/c1-11-5-6-14(12(2)7-11)13-8-18-15(19-9-13)20-16(3,4)10-17/h5-9H,1-4H3,(H,18,19,20). The number of aryl methyl sites for hydroxylation is 2. The van der Waals surface area contributed by atoms with Crippen molar-refractivity contribution in [1.82, 2.24) is 9.97 Å². The van der Waals surface area contributed by atoms with Gasteiger partial charge in [0.1, 0.15) is 5.54 Å². The molecule has 0 bridgehead atoms. The third-order valence-corrected chi connectivity index (χ3v) is 3.05. The second-order valence-electron chi connectivity index (χ2n) is 5.48. The molecular weight excluding hydrogens is 248 g/mol. The highest BCUT2D eigenvalue weighted by Crippen LogP contribution is 2.23. The highest BCUT2D eigenvalue weighted by molar-refractivity contribution is 5.66. The summed E-state index contributed by atoms with van der Waals surface area (Å²) in [5, 5.41) is 12.0. The number of anilines is 1. The van der Waals surface area contributed by atoms with Crippen LogP contribution < -0.4 is 5.32 Å². The number of nitriles is 1. The monoisotopic (exact) mass is 266 g/mol. The quantitative estimate of drug-likeness (QED) is 0.924. The summed E-state index contributed by atoms with van der Waals surface area (Å²) in [5.41, 5.74) is 3.86. The van der Waals surface area contributed by atoms with Crippen molar-refractivity contribution in [1.29, 1.82) is 5.26 Å². The number of aromatic nitrogens is 2. The summed E-state index contributed by atoms with van der Waals surface area (Å²) in [4.78, 5) is 8.56. The summed E-state index contributed by atoms with van der Waals surface area (Å²) in [6, 6.07) is 8.46. The van der Waals surface area contributed by atoms with Crippen LogP contribution in [0.3, 0.4) is 0 Å². The van der Waals surface area contributed by atoms with Gasteiger partial charge in [0.2, 0.25) is 5.95 Å². The Balaban J connectivity index is 2.27. The second-order valence-corrected chi connectivity index (χ2v) is 5.48. The molecule has 0 aliphatic carbocycles. The lowest BCUT2D eigenvalue weighted by Gasteiger charge is -2.17. The van der Waals surface area contributed by atoms with Crippen LogP contribution in [0.4, 0.5) is 5.95 Å². The molecule has 1 aromatic carbocycles. The Labute approximate surface area is 119 Å². The number of hydrogen-bond donors (Lipinski definition) is 1. The van der Waals surface area contributed by atoms with E-state index in [4.69, 9.17) is 5.26 Å². The SMILES string of the molecule is Cc1ccc(-c2cnc(NC(C)(C)C#N)nc2)c(C)c1. The van der Waals surface area contributed by atoms with Crippen LogP contribution in [0, 0.1) is 25.2 Å². The second kappa shape index (κ2) is 5.30. The van der Waals surface area contributed by atoms with Crippen LogP contribution in [-0.4, -0.2) is 15.5 Å². The molecule has 0 radical (unpaired) electrons. The van der Waals surface area contributed by atoms with Gasteiger partial charge in [-0.1, -0.05) is 23.8 Å². The van der Waals surface area contributed by atoms with Gasteiger partial charge < -0.3 is 5.32 Å². The molecule has 1 aromatic heterocycles. The number of hydrogen-bond acceptors (Lipinski definition) is 4. The van der Waals surface area contributed by atoms with Gasteiger partial charge in [0, 0.05) is 18.0 Å². The van der Waals surface area contributed by atoms with E-state index in [1.165, 1.54) is 11.1 Å². The van der Waals surface area contributed by atoms with Gasteiger partial charge in [-0.05, 0) is 38.8 Å². The third-order valence-electron chi connectivity index (χ3n) is 3.05. The van der Waals surface area contributed by atoms with Gasteiger partial charge in [-0.25, -0.2) is 9.97 Å². The molecule has 0 saturated heterocycles. The van der Waals surface area contributed by atoms with E-state index in [9.17, 15) is 0 Å². The lowest BCUT2D eigenvalue weighted by atomic mass is 10.0. The summed E-state index contributed by atoms with van der Waals surface area (Å²) < 4.78 is 0. The van der Waals surface area contributed by atoms with Gasteiger partial charge >= 0.3 is 0 Å². The van der Waals surface area contributed by atoms with Crippen LogP contribution in [-0.2, 0) is 0 Å². The van der Waals surface area contributed by atoms with Crippen molar-refractivity contribution in [3.63, 3.8) is 0 Å². The minimum Gasteiger partial charge on any atom is -0.336 e. The molecule has 0 aliphatic heterocycles. The maximum atomic E-state index is 8.98. The molecule has 4 heteroatoms. The molecule has 0 amide bonds. The molecule has 2 rings (SSSR count).